The molecule has 0 spiro atoms. The van der Waals surface area contributed by atoms with E-state index in [9.17, 15) is 4.79 Å². The predicted molar refractivity (Wildman–Crippen MR) is 113 cm³/mol. The van der Waals surface area contributed by atoms with Crippen molar-refractivity contribution in [3.05, 3.63) is 52.7 Å². The van der Waals surface area contributed by atoms with Gasteiger partial charge in [-0.05, 0) is 39.0 Å². The lowest BCUT2D eigenvalue weighted by Gasteiger charge is -2.10. The Balaban J connectivity index is 1.81. The molecule has 0 aliphatic heterocycles. The van der Waals surface area contributed by atoms with Crippen LogP contribution in [0.25, 0.3) is 16.9 Å². The Hall–Kier alpha value is -2.56. The number of hydrogen-bond donors (Lipinski definition) is 1. The van der Waals surface area contributed by atoms with Crippen LogP contribution in [0, 0.1) is 32.1 Å². The van der Waals surface area contributed by atoms with Crippen LogP contribution in [-0.4, -0.2) is 27.0 Å². The molecule has 7 heteroatoms. The zero-order valence-electron chi connectivity index (χ0n) is 15.4. The summed E-state index contributed by atoms with van der Waals surface area (Å²) in [6, 6.07) is 12.6. The second-order valence-corrected chi connectivity index (χ2v) is 8.04. The number of amides is 1. The maximum Gasteiger partial charge on any atom is 0.236 e. The number of thioether (sulfide) groups is 1. The van der Waals surface area contributed by atoms with Crippen LogP contribution >= 0.6 is 23.1 Å². The van der Waals surface area contributed by atoms with Crippen LogP contribution in [0.5, 0.6) is 0 Å². The van der Waals surface area contributed by atoms with Crippen LogP contribution in [0.1, 0.15) is 17.0 Å². The molecular formula is C20H20N4OS2. The Morgan fingerprint density at radius 2 is 2.04 bits per heavy atom. The summed E-state index contributed by atoms with van der Waals surface area (Å²) in [7, 11) is 0. The first-order valence-corrected chi connectivity index (χ1v) is 10.5. The molecule has 0 bridgehead atoms. The number of nitrogens with one attached hydrogen (secondary N) is 1. The van der Waals surface area contributed by atoms with Gasteiger partial charge in [0.1, 0.15) is 0 Å². The summed E-state index contributed by atoms with van der Waals surface area (Å²) >= 11 is 2.70. The summed E-state index contributed by atoms with van der Waals surface area (Å²) in [4.78, 5) is 16.5. The lowest BCUT2D eigenvalue weighted by molar-refractivity contribution is -0.113. The van der Waals surface area contributed by atoms with Crippen LogP contribution in [0.3, 0.4) is 0 Å². The topological polar surface area (TPSA) is 70.7 Å². The number of thiazole rings is 1. The Morgan fingerprint density at radius 1 is 1.30 bits per heavy atom. The van der Waals surface area contributed by atoms with Gasteiger partial charge >= 0.3 is 0 Å². The molecule has 0 saturated carbocycles. The molecule has 138 valence electrons. The number of aryl methyl sites for hydroxylation is 2. The van der Waals surface area contributed by atoms with Crippen molar-refractivity contribution in [2.75, 3.05) is 16.8 Å². The fraction of sp³-hybridized carbons (Fsp3) is 0.250. The number of aromatic nitrogens is 2. The van der Waals surface area contributed by atoms with Crippen molar-refractivity contribution in [1.29, 1.82) is 5.26 Å². The van der Waals surface area contributed by atoms with Crippen molar-refractivity contribution in [3.8, 4) is 23.0 Å². The van der Waals surface area contributed by atoms with E-state index in [0.717, 1.165) is 28.3 Å². The van der Waals surface area contributed by atoms with Gasteiger partial charge in [0, 0.05) is 28.0 Å². The van der Waals surface area contributed by atoms with Crippen LogP contribution in [-0.2, 0) is 4.79 Å². The molecule has 0 fully saturated rings. The van der Waals surface area contributed by atoms with Crippen LogP contribution in [0.15, 0.2) is 35.7 Å². The zero-order valence-corrected chi connectivity index (χ0v) is 17.1. The summed E-state index contributed by atoms with van der Waals surface area (Å²) in [6.07, 6.45) is 0. The normalized spacial score (nSPS) is 10.6. The SMILES string of the molecule is Cc1ccc(-n2c(C)cc(-c3csc(NC(=O)CSCC#N)n3)c2C)cc1. The molecule has 0 atom stereocenters. The highest BCUT2D eigenvalue weighted by atomic mass is 32.2. The summed E-state index contributed by atoms with van der Waals surface area (Å²) in [5, 5.41) is 13.9. The highest BCUT2D eigenvalue weighted by molar-refractivity contribution is 8.00. The molecule has 0 radical (unpaired) electrons. The van der Waals surface area contributed by atoms with Crippen LogP contribution in [0.2, 0.25) is 0 Å². The molecule has 5 nitrogen and oxygen atoms in total. The number of anilines is 1. The molecular weight excluding hydrogens is 376 g/mol. The zero-order chi connectivity index (χ0) is 19.4. The Kier molecular flexibility index (Phi) is 5.99. The monoisotopic (exact) mass is 396 g/mol. The van der Waals surface area contributed by atoms with E-state index >= 15 is 0 Å². The Labute approximate surface area is 167 Å². The van der Waals surface area contributed by atoms with Gasteiger partial charge in [-0.25, -0.2) is 4.98 Å². The first kappa shape index (κ1) is 19.2. The summed E-state index contributed by atoms with van der Waals surface area (Å²) in [5.74, 6) is 0.424. The van der Waals surface area contributed by atoms with E-state index in [0.29, 0.717) is 10.9 Å². The van der Waals surface area contributed by atoms with Gasteiger partial charge in [-0.2, -0.15) is 5.26 Å². The fourth-order valence-corrected chi connectivity index (χ4v) is 4.09. The number of rotatable bonds is 6. The molecule has 0 saturated heterocycles. The van der Waals surface area contributed by atoms with Gasteiger partial charge in [0.25, 0.3) is 0 Å². The minimum Gasteiger partial charge on any atom is -0.318 e. The molecule has 1 aromatic carbocycles. The molecule has 3 rings (SSSR count). The highest BCUT2D eigenvalue weighted by Crippen LogP contribution is 2.31. The molecule has 1 amide bonds. The van der Waals surface area contributed by atoms with Gasteiger partial charge < -0.3 is 9.88 Å². The highest BCUT2D eigenvalue weighted by Gasteiger charge is 2.15. The predicted octanol–water partition coefficient (Wildman–Crippen LogP) is 4.72. The van der Waals surface area contributed by atoms with E-state index in [1.807, 2.05) is 11.4 Å². The third kappa shape index (κ3) is 4.41. The van der Waals surface area contributed by atoms with Gasteiger partial charge in [-0.3, -0.25) is 4.79 Å². The fourth-order valence-electron chi connectivity index (χ4n) is 2.91. The third-order valence-electron chi connectivity index (χ3n) is 4.15. The minimum absolute atomic E-state index is 0.138. The largest absolute Gasteiger partial charge is 0.318 e. The standard InChI is InChI=1S/C20H20N4OS2/c1-13-4-6-16(7-5-13)24-14(2)10-17(15(24)3)18-11-27-20(22-18)23-19(25)12-26-9-8-21/h4-7,10-11H,9,12H2,1-3H3,(H,22,23,25). The van der Waals surface area contributed by atoms with E-state index in [1.165, 1.54) is 28.7 Å². The second kappa shape index (κ2) is 8.42. The number of nitrogens with zero attached hydrogens (tertiary/aromatic N) is 3. The van der Waals surface area contributed by atoms with Gasteiger partial charge in [-0.15, -0.1) is 23.1 Å². The van der Waals surface area contributed by atoms with Crippen LogP contribution < -0.4 is 5.32 Å². The summed E-state index contributed by atoms with van der Waals surface area (Å²) in [5.41, 5.74) is 6.52. The van der Waals surface area contributed by atoms with Crippen molar-refractivity contribution in [1.82, 2.24) is 9.55 Å². The summed E-state index contributed by atoms with van der Waals surface area (Å²) in [6.45, 7) is 6.24. The van der Waals surface area contributed by atoms with Crippen molar-refractivity contribution >= 4 is 34.1 Å². The van der Waals surface area contributed by atoms with Gasteiger partial charge in [0.2, 0.25) is 5.91 Å². The van der Waals surface area contributed by atoms with E-state index < -0.39 is 0 Å². The van der Waals surface area contributed by atoms with E-state index in [4.69, 9.17) is 5.26 Å². The maximum atomic E-state index is 11.9. The summed E-state index contributed by atoms with van der Waals surface area (Å²) < 4.78 is 2.21. The first-order valence-electron chi connectivity index (χ1n) is 8.46. The quantitative estimate of drug-likeness (QED) is 0.612. The van der Waals surface area contributed by atoms with E-state index in [2.05, 4.69) is 66.0 Å². The van der Waals surface area contributed by atoms with Gasteiger partial charge in [-0.1, -0.05) is 17.7 Å². The molecule has 0 aliphatic rings. The molecule has 3 aromatic rings. The molecule has 1 N–H and O–H groups in total. The first-order chi connectivity index (χ1) is 13.0. The second-order valence-electron chi connectivity index (χ2n) is 6.19. The average Bonchev–Trinajstić information content (AvgIpc) is 3.20. The number of hydrogen-bond acceptors (Lipinski definition) is 5. The Bertz CT molecular complexity index is 996. The van der Waals surface area contributed by atoms with Crippen LogP contribution in [0.4, 0.5) is 5.13 Å². The molecule has 2 heterocycles. The minimum atomic E-state index is -0.138. The third-order valence-corrected chi connectivity index (χ3v) is 5.71. The molecule has 27 heavy (non-hydrogen) atoms. The van der Waals surface area contributed by atoms with Crippen molar-refractivity contribution in [2.24, 2.45) is 0 Å². The maximum absolute atomic E-state index is 11.9. The molecule has 0 unspecified atom stereocenters. The van der Waals surface area contributed by atoms with E-state index in [1.54, 1.807) is 0 Å². The number of nitriles is 1. The number of carbonyl (C=O) groups is 1. The van der Waals surface area contributed by atoms with Crippen molar-refractivity contribution in [2.45, 2.75) is 20.8 Å². The Morgan fingerprint density at radius 3 is 2.74 bits per heavy atom. The lowest BCUT2D eigenvalue weighted by Crippen LogP contribution is -2.14. The van der Waals surface area contributed by atoms with Crippen molar-refractivity contribution in [3.63, 3.8) is 0 Å². The van der Waals surface area contributed by atoms with Crippen molar-refractivity contribution < 1.29 is 4.79 Å². The molecule has 0 aliphatic carbocycles. The molecule has 2 aromatic heterocycles. The number of benzene rings is 1. The van der Waals surface area contributed by atoms with Gasteiger partial charge in [0.05, 0.1) is 23.3 Å². The number of carbonyl (C=O) groups excluding carboxylic acids is 1. The average molecular weight is 397 g/mol. The lowest BCUT2D eigenvalue weighted by atomic mass is 10.2. The van der Waals surface area contributed by atoms with Gasteiger partial charge in [0.15, 0.2) is 5.13 Å². The smallest absolute Gasteiger partial charge is 0.236 e. The van der Waals surface area contributed by atoms with E-state index in [-0.39, 0.29) is 11.7 Å².